The molecule has 5 nitrogen and oxygen atoms in total. The smallest absolute Gasteiger partial charge is 0.346 e. The van der Waals surface area contributed by atoms with Crippen molar-refractivity contribution in [3.05, 3.63) is 53.6 Å². The third-order valence-electron chi connectivity index (χ3n) is 3.29. The second-order valence-corrected chi connectivity index (χ2v) is 5.50. The molecule has 0 aliphatic rings. The largest absolute Gasteiger partial charge is 0.504 e. The van der Waals surface area contributed by atoms with E-state index in [1.807, 2.05) is 30.3 Å². The van der Waals surface area contributed by atoms with Gasteiger partial charge in [-0.15, -0.1) is 0 Å². The van der Waals surface area contributed by atoms with Crippen LogP contribution in [-0.2, 0) is 6.54 Å². The highest BCUT2D eigenvalue weighted by Gasteiger charge is 2.29. The first kappa shape index (κ1) is 14.9. The fourth-order valence-electron chi connectivity index (χ4n) is 2.19. The molecule has 110 valence electrons. The van der Waals surface area contributed by atoms with Crippen molar-refractivity contribution in [3.8, 4) is 17.2 Å². The molecule has 0 heterocycles. The zero-order chi connectivity index (χ0) is 15.6. The molecule has 0 bridgehead atoms. The lowest BCUT2D eigenvalue weighted by Crippen LogP contribution is -2.44. The number of rotatable bonds is 3. The maximum Gasteiger partial charge on any atom is 0.346 e. The van der Waals surface area contributed by atoms with E-state index in [0.717, 1.165) is 17.7 Å². The monoisotopic (exact) mass is 288 g/mol. The maximum absolute atomic E-state index is 12.6. The lowest BCUT2D eigenvalue weighted by Gasteiger charge is -2.27. The van der Waals surface area contributed by atoms with Crippen LogP contribution < -0.4 is 0 Å². The van der Waals surface area contributed by atoms with E-state index in [1.165, 1.54) is 0 Å². The molecule has 1 amide bonds. The van der Waals surface area contributed by atoms with Crippen molar-refractivity contribution in [2.45, 2.75) is 6.54 Å². The number of carbonyl (C=O) groups excluding carboxylic acids is 1. The Labute approximate surface area is 122 Å². The third kappa shape index (κ3) is 3.14. The van der Waals surface area contributed by atoms with Gasteiger partial charge in [-0.3, -0.25) is 4.48 Å². The van der Waals surface area contributed by atoms with Gasteiger partial charge in [-0.1, -0.05) is 30.3 Å². The molecule has 0 atom stereocenters. The maximum atomic E-state index is 12.6. The summed E-state index contributed by atoms with van der Waals surface area (Å²) in [6.07, 6.45) is 0. The summed E-state index contributed by atoms with van der Waals surface area (Å²) in [5.41, 5.74) is 1.15. The molecule has 0 aromatic heterocycles. The number of carbonyl (C=O) groups is 1. The van der Waals surface area contributed by atoms with E-state index in [2.05, 4.69) is 0 Å². The topological polar surface area (TPSA) is 77.8 Å². The van der Waals surface area contributed by atoms with Gasteiger partial charge in [-0.25, -0.2) is 4.79 Å². The minimum absolute atomic E-state index is 0.0215. The van der Waals surface area contributed by atoms with Crippen LogP contribution >= 0.6 is 0 Å². The Morgan fingerprint density at radius 1 is 1.00 bits per heavy atom. The summed E-state index contributed by atoms with van der Waals surface area (Å²) in [6.45, 7) is 0.474. The number of aromatic hydroxyl groups is 3. The van der Waals surface area contributed by atoms with Crippen LogP contribution in [0.2, 0.25) is 0 Å². The van der Waals surface area contributed by atoms with Gasteiger partial charge in [0.15, 0.2) is 17.2 Å². The first-order valence-electron chi connectivity index (χ1n) is 6.48. The normalized spacial score (nSPS) is 11.3. The summed E-state index contributed by atoms with van der Waals surface area (Å²) in [6, 6.07) is 11.9. The highest BCUT2D eigenvalue weighted by molar-refractivity contribution is 5.90. The van der Waals surface area contributed by atoms with Gasteiger partial charge in [-0.05, 0) is 0 Å². The molecule has 0 saturated heterocycles. The molecule has 2 aromatic rings. The van der Waals surface area contributed by atoms with Gasteiger partial charge in [0.1, 0.15) is 6.54 Å². The van der Waals surface area contributed by atoms with E-state index in [-0.39, 0.29) is 16.0 Å². The van der Waals surface area contributed by atoms with Gasteiger partial charge in [0.25, 0.3) is 0 Å². The van der Waals surface area contributed by atoms with Gasteiger partial charge in [0.05, 0.1) is 19.7 Å². The van der Waals surface area contributed by atoms with E-state index in [4.69, 9.17) is 0 Å². The van der Waals surface area contributed by atoms with Crippen LogP contribution in [0, 0.1) is 0 Å². The number of phenolic OH excluding ortho intramolecular Hbond substituents is 3. The predicted molar refractivity (Wildman–Crippen MR) is 78.0 cm³/mol. The van der Waals surface area contributed by atoms with Crippen LogP contribution in [0.25, 0.3) is 0 Å². The average molecular weight is 288 g/mol. The molecule has 21 heavy (non-hydrogen) atoms. The van der Waals surface area contributed by atoms with Crippen molar-refractivity contribution in [2.24, 2.45) is 0 Å². The summed E-state index contributed by atoms with van der Waals surface area (Å²) in [4.78, 5) is 12.6. The van der Waals surface area contributed by atoms with Crippen LogP contribution in [-0.4, -0.2) is 39.8 Å². The van der Waals surface area contributed by atoms with Crippen molar-refractivity contribution in [1.82, 2.24) is 0 Å². The molecule has 0 fully saturated rings. The molecular formula is C16H18NO4+. The first-order valence-corrected chi connectivity index (χ1v) is 6.48. The Morgan fingerprint density at radius 2 is 1.52 bits per heavy atom. The van der Waals surface area contributed by atoms with Gasteiger partial charge >= 0.3 is 5.91 Å². The van der Waals surface area contributed by atoms with Gasteiger partial charge in [-0.2, -0.15) is 0 Å². The Kier molecular flexibility index (Phi) is 3.86. The number of nitrogens with zero attached hydrogens (tertiary/aromatic N) is 1. The van der Waals surface area contributed by atoms with Crippen LogP contribution in [0.5, 0.6) is 17.2 Å². The Bertz CT molecular complexity index is 642. The fraction of sp³-hybridized carbons (Fsp3) is 0.188. The van der Waals surface area contributed by atoms with Crippen LogP contribution in [0.3, 0.4) is 0 Å². The molecule has 3 N–H and O–H groups in total. The lowest BCUT2D eigenvalue weighted by molar-refractivity contribution is -0.821. The van der Waals surface area contributed by atoms with Gasteiger partial charge < -0.3 is 15.3 Å². The summed E-state index contributed by atoms with van der Waals surface area (Å²) in [5.74, 6) is -1.93. The fourth-order valence-corrected chi connectivity index (χ4v) is 2.19. The highest BCUT2D eigenvalue weighted by atomic mass is 16.3. The predicted octanol–water partition coefficient (Wildman–Crippen LogP) is 2.22. The molecule has 0 saturated carbocycles. The second kappa shape index (κ2) is 5.46. The standard InChI is InChI=1S/C16H17NO4/c1-17(2,10-11-6-4-3-5-7-11)16(21)12-8-13(18)15(20)14(19)9-12/h3-9H,10H2,1-2H3,(H2-,18,19,20,21)/p+1. The molecule has 2 rings (SSSR count). The number of phenols is 3. The SMILES string of the molecule is C[N+](C)(Cc1ccccc1)C(=O)c1cc(O)c(O)c(O)c1. The average Bonchev–Trinajstić information content (AvgIpc) is 2.44. The molecule has 0 radical (unpaired) electrons. The van der Waals surface area contributed by atoms with E-state index in [1.54, 1.807) is 14.1 Å². The second-order valence-electron chi connectivity index (χ2n) is 5.50. The minimum Gasteiger partial charge on any atom is -0.504 e. The highest BCUT2D eigenvalue weighted by Crippen LogP contribution is 2.36. The minimum atomic E-state index is -0.625. The van der Waals surface area contributed by atoms with Crippen LogP contribution in [0.1, 0.15) is 15.9 Å². The molecule has 0 unspecified atom stereocenters. The molecule has 2 aromatic carbocycles. The zero-order valence-corrected chi connectivity index (χ0v) is 11.9. The Balaban J connectivity index is 2.30. The Morgan fingerprint density at radius 3 is 2.05 bits per heavy atom. The molecular weight excluding hydrogens is 270 g/mol. The number of quaternary nitrogens is 1. The van der Waals surface area contributed by atoms with Crippen molar-refractivity contribution < 1.29 is 24.6 Å². The molecule has 0 aliphatic heterocycles. The lowest BCUT2D eigenvalue weighted by atomic mass is 10.1. The third-order valence-corrected chi connectivity index (χ3v) is 3.29. The van der Waals surface area contributed by atoms with Crippen molar-refractivity contribution in [2.75, 3.05) is 14.1 Å². The molecule has 0 aliphatic carbocycles. The van der Waals surface area contributed by atoms with Gasteiger partial charge in [0.2, 0.25) is 0 Å². The number of amides is 1. The Hall–Kier alpha value is -2.53. The van der Waals surface area contributed by atoms with Crippen LogP contribution in [0.4, 0.5) is 0 Å². The molecule has 5 heteroatoms. The summed E-state index contributed by atoms with van der Waals surface area (Å²) >= 11 is 0. The van der Waals surface area contributed by atoms with Crippen molar-refractivity contribution in [1.29, 1.82) is 0 Å². The number of hydrogen-bond donors (Lipinski definition) is 3. The zero-order valence-electron chi connectivity index (χ0n) is 11.9. The summed E-state index contributed by atoms with van der Waals surface area (Å²) < 4.78 is 0.0215. The summed E-state index contributed by atoms with van der Waals surface area (Å²) in [5, 5.41) is 28.4. The quantitative estimate of drug-likeness (QED) is 0.598. The molecule has 0 spiro atoms. The van der Waals surface area contributed by atoms with Crippen molar-refractivity contribution >= 4 is 5.91 Å². The summed E-state index contributed by atoms with van der Waals surface area (Å²) in [7, 11) is 3.49. The van der Waals surface area contributed by atoms with E-state index in [0.29, 0.717) is 6.54 Å². The first-order chi connectivity index (χ1) is 9.81. The van der Waals surface area contributed by atoms with E-state index < -0.39 is 17.2 Å². The van der Waals surface area contributed by atoms with Crippen LogP contribution in [0.15, 0.2) is 42.5 Å². The van der Waals surface area contributed by atoms with Gasteiger partial charge in [0, 0.05) is 17.7 Å². The van der Waals surface area contributed by atoms with E-state index >= 15 is 0 Å². The van der Waals surface area contributed by atoms with Crippen molar-refractivity contribution in [3.63, 3.8) is 0 Å². The number of benzene rings is 2. The number of hydrogen-bond acceptors (Lipinski definition) is 4. The van der Waals surface area contributed by atoms with E-state index in [9.17, 15) is 20.1 Å².